The summed E-state index contributed by atoms with van der Waals surface area (Å²) in [7, 11) is 0. The smallest absolute Gasteiger partial charge is 0.307 e. The minimum Gasteiger partial charge on any atom is -0.505 e. The van der Waals surface area contributed by atoms with Crippen LogP contribution in [0.5, 0.6) is 10.8 Å². The zero-order valence-electron chi connectivity index (χ0n) is 12.4. The van der Waals surface area contributed by atoms with E-state index in [9.17, 15) is 24.2 Å². The van der Waals surface area contributed by atoms with Crippen LogP contribution in [0.4, 0.5) is 4.39 Å². The summed E-state index contributed by atoms with van der Waals surface area (Å²) in [5, 5.41) is 29.8. The molecule has 3 rings (SSSR count). The van der Waals surface area contributed by atoms with Gasteiger partial charge in [-0.2, -0.15) is 0 Å². The van der Waals surface area contributed by atoms with Crippen LogP contribution in [-0.2, 0) is 11.2 Å². The number of rotatable bonds is 3. The number of fused-ring (bicyclic) bond motifs is 1. The largest absolute Gasteiger partial charge is 0.505 e. The molecule has 0 fully saturated rings. The zero-order chi connectivity index (χ0) is 17.6. The van der Waals surface area contributed by atoms with Crippen molar-refractivity contribution in [3.8, 4) is 10.8 Å². The van der Waals surface area contributed by atoms with Gasteiger partial charge < -0.3 is 15.3 Å². The van der Waals surface area contributed by atoms with Gasteiger partial charge in [-0.1, -0.05) is 0 Å². The molecule has 2 aromatic heterocycles. The van der Waals surface area contributed by atoms with Crippen LogP contribution < -0.4 is 0 Å². The molecule has 3 aromatic rings. The van der Waals surface area contributed by atoms with Gasteiger partial charge in [0.15, 0.2) is 16.6 Å². The normalized spacial score (nSPS) is 11.1. The van der Waals surface area contributed by atoms with Crippen molar-refractivity contribution in [3.63, 3.8) is 0 Å². The summed E-state index contributed by atoms with van der Waals surface area (Å²) in [6.07, 6.45) is -0.372. The summed E-state index contributed by atoms with van der Waals surface area (Å²) >= 11 is 0.975. The van der Waals surface area contributed by atoms with Crippen LogP contribution in [0.3, 0.4) is 0 Å². The summed E-state index contributed by atoms with van der Waals surface area (Å²) in [6, 6.07) is 3.39. The lowest BCUT2D eigenvalue weighted by Gasteiger charge is -2.06. The Balaban J connectivity index is 2.30. The van der Waals surface area contributed by atoms with Crippen LogP contribution in [0.25, 0.3) is 10.9 Å². The lowest BCUT2D eigenvalue weighted by Crippen LogP contribution is -2.13. The number of carbonyl (C=O) groups excluding carboxylic acids is 1. The first-order valence-corrected chi connectivity index (χ1v) is 7.74. The number of aromatic nitrogens is 1. The number of phenolic OH excluding ortho intramolecular Hbond substituents is 1. The number of carboxylic acid groups (broad SMARTS) is 1. The third kappa shape index (κ3) is 2.50. The van der Waals surface area contributed by atoms with E-state index in [4.69, 9.17) is 5.11 Å². The fraction of sp³-hybridized carbons (Fsp3) is 0.125. The Morgan fingerprint density at radius 3 is 2.54 bits per heavy atom. The number of halogens is 1. The second kappa shape index (κ2) is 5.64. The van der Waals surface area contributed by atoms with Crippen molar-refractivity contribution < 1.29 is 29.3 Å². The van der Waals surface area contributed by atoms with Gasteiger partial charge in [0.05, 0.1) is 17.5 Å². The minimum atomic E-state index is -1.11. The fourth-order valence-corrected chi connectivity index (χ4v) is 3.30. The number of carbonyl (C=O) groups is 2. The fourth-order valence-electron chi connectivity index (χ4n) is 2.69. The molecule has 2 heterocycles. The van der Waals surface area contributed by atoms with E-state index in [1.54, 1.807) is 6.92 Å². The van der Waals surface area contributed by atoms with Gasteiger partial charge in [-0.3, -0.25) is 14.2 Å². The third-order valence-corrected chi connectivity index (χ3v) is 4.50. The van der Waals surface area contributed by atoms with E-state index in [1.165, 1.54) is 16.0 Å². The number of aliphatic carboxylic acids is 1. The lowest BCUT2D eigenvalue weighted by molar-refractivity contribution is -0.136. The molecule has 0 saturated heterocycles. The van der Waals surface area contributed by atoms with Crippen LogP contribution in [-0.4, -0.2) is 31.8 Å². The molecule has 0 aliphatic heterocycles. The molecule has 0 aliphatic rings. The highest BCUT2D eigenvalue weighted by Gasteiger charge is 2.23. The maximum atomic E-state index is 13.8. The topological polar surface area (TPSA) is 99.8 Å². The number of hydrogen-bond donors (Lipinski definition) is 3. The molecule has 0 saturated carbocycles. The van der Waals surface area contributed by atoms with Crippen LogP contribution in [0.2, 0.25) is 0 Å². The predicted octanol–water partition coefficient (Wildman–Crippen LogP) is 2.88. The average Bonchev–Trinajstić information content (AvgIpc) is 3.03. The van der Waals surface area contributed by atoms with Crippen molar-refractivity contribution in [1.29, 1.82) is 0 Å². The number of hydrogen-bond acceptors (Lipinski definition) is 5. The Kier molecular flexibility index (Phi) is 3.76. The highest BCUT2D eigenvalue weighted by Crippen LogP contribution is 2.33. The lowest BCUT2D eigenvalue weighted by atomic mass is 10.1. The first kappa shape index (κ1) is 16.0. The molecule has 0 radical (unpaired) electrons. The maximum absolute atomic E-state index is 13.8. The van der Waals surface area contributed by atoms with Crippen LogP contribution in [0.1, 0.15) is 21.6 Å². The van der Waals surface area contributed by atoms with E-state index in [1.807, 2.05) is 0 Å². The van der Waals surface area contributed by atoms with Gasteiger partial charge in [0.25, 0.3) is 5.91 Å². The van der Waals surface area contributed by atoms with Gasteiger partial charge in [0, 0.05) is 28.6 Å². The minimum absolute atomic E-state index is 0.0398. The highest BCUT2D eigenvalue weighted by molar-refractivity contribution is 7.12. The number of thiophene rings is 1. The van der Waals surface area contributed by atoms with Gasteiger partial charge in [-0.05, 0) is 18.6 Å². The molecule has 124 valence electrons. The van der Waals surface area contributed by atoms with Gasteiger partial charge in [-0.15, -0.1) is 11.3 Å². The van der Waals surface area contributed by atoms with E-state index in [2.05, 4.69) is 0 Å². The van der Waals surface area contributed by atoms with Crippen LogP contribution in [0.15, 0.2) is 23.6 Å². The standard InChI is InChI=1S/C16H12FNO5S/c1-7-9(4-14(20)21)10-3-13(19)11(17)5-12(10)18(7)16(23)8-2-15(22)24-6-8/h2-3,5-6,19,22H,4H2,1H3,(H,20,21). The number of phenols is 1. The number of aromatic hydroxyl groups is 2. The van der Waals surface area contributed by atoms with E-state index < -0.39 is 23.4 Å². The van der Waals surface area contributed by atoms with E-state index in [0.29, 0.717) is 16.6 Å². The summed E-state index contributed by atoms with van der Waals surface area (Å²) in [6.45, 7) is 1.55. The molecule has 0 unspecified atom stereocenters. The molecule has 0 bridgehead atoms. The van der Waals surface area contributed by atoms with Crippen molar-refractivity contribution in [2.24, 2.45) is 0 Å². The molecule has 24 heavy (non-hydrogen) atoms. The number of benzene rings is 1. The van der Waals surface area contributed by atoms with Crippen molar-refractivity contribution in [1.82, 2.24) is 4.57 Å². The van der Waals surface area contributed by atoms with E-state index in [0.717, 1.165) is 23.5 Å². The Bertz CT molecular complexity index is 988. The number of nitrogens with zero attached hydrogens (tertiary/aromatic N) is 1. The average molecular weight is 349 g/mol. The first-order chi connectivity index (χ1) is 11.3. The van der Waals surface area contributed by atoms with Crippen LogP contribution in [0, 0.1) is 12.7 Å². The van der Waals surface area contributed by atoms with E-state index in [-0.39, 0.29) is 22.6 Å². The summed E-state index contributed by atoms with van der Waals surface area (Å²) < 4.78 is 15.0. The van der Waals surface area contributed by atoms with Gasteiger partial charge >= 0.3 is 5.97 Å². The molecule has 1 aromatic carbocycles. The van der Waals surface area contributed by atoms with Crippen molar-refractivity contribution >= 4 is 34.1 Å². The van der Waals surface area contributed by atoms with Crippen LogP contribution >= 0.6 is 11.3 Å². The summed E-state index contributed by atoms with van der Waals surface area (Å²) in [5.74, 6) is -3.16. The van der Waals surface area contributed by atoms with Crippen molar-refractivity contribution in [3.05, 3.63) is 46.2 Å². The molecule has 0 atom stereocenters. The van der Waals surface area contributed by atoms with Gasteiger partial charge in [0.1, 0.15) is 0 Å². The van der Waals surface area contributed by atoms with E-state index >= 15 is 0 Å². The summed E-state index contributed by atoms with van der Waals surface area (Å²) in [5.41, 5.74) is 1.02. The van der Waals surface area contributed by atoms with Gasteiger partial charge in [-0.25, -0.2) is 4.39 Å². The zero-order valence-corrected chi connectivity index (χ0v) is 13.2. The SMILES string of the molecule is Cc1c(CC(=O)O)c2cc(O)c(F)cc2n1C(=O)c1csc(O)c1. The Labute approximate surface area is 139 Å². The van der Waals surface area contributed by atoms with Crippen molar-refractivity contribution in [2.45, 2.75) is 13.3 Å². The Morgan fingerprint density at radius 2 is 1.96 bits per heavy atom. The molecular weight excluding hydrogens is 337 g/mol. The molecule has 0 aliphatic carbocycles. The first-order valence-electron chi connectivity index (χ1n) is 6.86. The van der Waals surface area contributed by atoms with Gasteiger partial charge in [0.2, 0.25) is 0 Å². The third-order valence-electron chi connectivity index (χ3n) is 3.77. The second-order valence-corrected chi connectivity index (χ2v) is 6.16. The van der Waals surface area contributed by atoms with Crippen molar-refractivity contribution in [2.75, 3.05) is 0 Å². The Hall–Kier alpha value is -2.87. The molecule has 3 N–H and O–H groups in total. The molecule has 0 amide bonds. The predicted molar refractivity (Wildman–Crippen MR) is 85.3 cm³/mol. The molecule has 0 spiro atoms. The molecule has 8 heteroatoms. The second-order valence-electron chi connectivity index (χ2n) is 5.27. The maximum Gasteiger partial charge on any atom is 0.307 e. The monoisotopic (exact) mass is 349 g/mol. The molecular formula is C16H12FNO5S. The summed E-state index contributed by atoms with van der Waals surface area (Å²) in [4.78, 5) is 23.8. The quantitative estimate of drug-likeness (QED) is 0.675. The molecule has 6 nitrogen and oxygen atoms in total. The number of carboxylic acids is 1. The highest BCUT2D eigenvalue weighted by atomic mass is 32.1. The Morgan fingerprint density at radius 1 is 1.25 bits per heavy atom.